The van der Waals surface area contributed by atoms with Crippen LogP contribution in [0.2, 0.25) is 5.02 Å². The predicted molar refractivity (Wildman–Crippen MR) is 161 cm³/mol. The van der Waals surface area contributed by atoms with Crippen molar-refractivity contribution in [2.75, 3.05) is 23.7 Å². The van der Waals surface area contributed by atoms with E-state index in [2.05, 4.69) is 21.1 Å². The Labute approximate surface area is 248 Å². The number of rotatable bonds is 8. The molecule has 1 saturated carbocycles. The molecule has 1 unspecified atom stereocenters. The molecule has 0 amide bonds. The first-order chi connectivity index (χ1) is 20.3. The molecular formula is C30H30ClFN6O3S. The van der Waals surface area contributed by atoms with Gasteiger partial charge < -0.3 is 15.8 Å². The first-order valence-corrected chi connectivity index (χ1v) is 15.9. The number of aromatic nitrogens is 3. The highest BCUT2D eigenvalue weighted by Crippen LogP contribution is 2.44. The Morgan fingerprint density at radius 3 is 2.57 bits per heavy atom. The number of allylic oxidation sites excluding steroid dienone is 1. The summed E-state index contributed by atoms with van der Waals surface area (Å²) in [5, 5.41) is 9.33. The summed E-state index contributed by atoms with van der Waals surface area (Å²) in [7, 11) is -4.10. The molecule has 218 valence electrons. The number of hydrogen-bond donors (Lipinski definition) is 3. The lowest BCUT2D eigenvalue weighted by Gasteiger charge is -2.33. The lowest BCUT2D eigenvalue weighted by atomic mass is 9.89. The van der Waals surface area contributed by atoms with Crippen LogP contribution in [-0.4, -0.2) is 48.5 Å². The maximum atomic E-state index is 15.4. The number of benzene rings is 2. The van der Waals surface area contributed by atoms with Crippen LogP contribution in [0.15, 0.2) is 59.6 Å². The van der Waals surface area contributed by atoms with E-state index in [1.807, 2.05) is 10.9 Å². The number of pyridine rings is 1. The van der Waals surface area contributed by atoms with Gasteiger partial charge in [-0.1, -0.05) is 35.9 Å². The number of nitrogens with zero attached hydrogens (tertiary/aromatic N) is 3. The van der Waals surface area contributed by atoms with Gasteiger partial charge in [-0.15, -0.1) is 0 Å². The third-order valence-electron chi connectivity index (χ3n) is 8.13. The van der Waals surface area contributed by atoms with Crippen LogP contribution in [0, 0.1) is 5.82 Å². The maximum Gasteiger partial charge on any atom is 0.263 e. The number of nitrogens with two attached hydrogens (primary N) is 1. The van der Waals surface area contributed by atoms with Gasteiger partial charge in [0, 0.05) is 23.4 Å². The van der Waals surface area contributed by atoms with Crippen LogP contribution in [0.5, 0.6) is 0 Å². The van der Waals surface area contributed by atoms with Crippen molar-refractivity contribution in [1.82, 2.24) is 20.1 Å². The molecule has 0 radical (unpaired) electrons. The van der Waals surface area contributed by atoms with Crippen LogP contribution in [0.4, 0.5) is 15.9 Å². The van der Waals surface area contributed by atoms with Gasteiger partial charge in [-0.3, -0.25) is 9.40 Å². The standard InChI is InChI=1S/C30H30ClFN6O3S/c31-23-3-1-2-4-26(23)42(39,40)37-25-12-7-18(13-24(25)32)28-27-29(38(36-28)21-10-11-21)22(14-34-30(27)33)17-5-8-19(9-6-17)35-20-15-41-16-20/h1-5,7,12-14,19-21,35,37H,6,8-11,15-16H2,(H2,33,34). The molecule has 1 atom stereocenters. The van der Waals surface area contributed by atoms with Crippen molar-refractivity contribution in [1.29, 1.82) is 0 Å². The molecule has 2 aromatic heterocycles. The van der Waals surface area contributed by atoms with Crippen LogP contribution in [-0.2, 0) is 14.8 Å². The summed E-state index contributed by atoms with van der Waals surface area (Å²) >= 11 is 6.07. The molecule has 7 rings (SSSR count). The number of anilines is 2. The average Bonchev–Trinajstić information content (AvgIpc) is 3.72. The van der Waals surface area contributed by atoms with Gasteiger partial charge in [-0.25, -0.2) is 17.8 Å². The molecule has 2 aromatic carbocycles. The number of fused-ring (bicyclic) bond motifs is 1. The largest absolute Gasteiger partial charge is 0.383 e. The third-order valence-corrected chi connectivity index (χ3v) is 9.99. The molecule has 1 aliphatic heterocycles. The molecule has 12 heteroatoms. The Morgan fingerprint density at radius 1 is 1.10 bits per heavy atom. The van der Waals surface area contributed by atoms with Crippen molar-refractivity contribution in [3.05, 3.63) is 71.1 Å². The summed E-state index contributed by atoms with van der Waals surface area (Å²) in [5.74, 6) is -0.425. The number of ether oxygens (including phenoxy) is 1. The molecule has 3 heterocycles. The Morgan fingerprint density at radius 2 is 1.90 bits per heavy atom. The fraction of sp³-hybridized carbons (Fsp3) is 0.333. The highest BCUT2D eigenvalue weighted by Gasteiger charge is 2.32. The molecule has 2 fully saturated rings. The molecule has 9 nitrogen and oxygen atoms in total. The highest BCUT2D eigenvalue weighted by atomic mass is 35.5. The Bertz CT molecular complexity index is 1830. The lowest BCUT2D eigenvalue weighted by molar-refractivity contribution is -0.0103. The van der Waals surface area contributed by atoms with Crippen molar-refractivity contribution in [3.8, 4) is 11.3 Å². The maximum absolute atomic E-state index is 15.4. The van der Waals surface area contributed by atoms with Gasteiger partial charge >= 0.3 is 0 Å². The van der Waals surface area contributed by atoms with Gasteiger partial charge in [0.25, 0.3) is 10.0 Å². The monoisotopic (exact) mass is 608 g/mol. The number of nitrogen functional groups attached to an aromatic ring is 1. The van der Waals surface area contributed by atoms with Crippen molar-refractivity contribution in [3.63, 3.8) is 0 Å². The van der Waals surface area contributed by atoms with Crippen molar-refractivity contribution >= 4 is 49.6 Å². The molecule has 42 heavy (non-hydrogen) atoms. The molecule has 2 aliphatic carbocycles. The SMILES string of the molecule is Nc1ncc(C2=CCC(NC3COC3)CC2)c2c1c(-c1ccc(NS(=O)(=O)c3ccccc3Cl)c(F)c1)nn2C1CC1. The van der Waals surface area contributed by atoms with Crippen LogP contribution < -0.4 is 15.8 Å². The summed E-state index contributed by atoms with van der Waals surface area (Å²) in [6.07, 6.45) is 8.93. The quantitative estimate of drug-likeness (QED) is 0.240. The Hall–Kier alpha value is -3.51. The third kappa shape index (κ3) is 5.04. The van der Waals surface area contributed by atoms with E-state index in [1.165, 1.54) is 29.8 Å². The van der Waals surface area contributed by atoms with E-state index in [1.54, 1.807) is 18.2 Å². The second-order valence-electron chi connectivity index (χ2n) is 11.1. The van der Waals surface area contributed by atoms with E-state index in [4.69, 9.17) is 27.2 Å². The van der Waals surface area contributed by atoms with Gasteiger partial charge in [0.1, 0.15) is 22.2 Å². The first-order valence-electron chi connectivity index (χ1n) is 14.1. The molecule has 4 N–H and O–H groups in total. The predicted octanol–water partition coefficient (Wildman–Crippen LogP) is 5.53. The molecule has 3 aliphatic rings. The number of sulfonamides is 1. The second kappa shape index (κ2) is 10.6. The van der Waals surface area contributed by atoms with E-state index in [-0.39, 0.29) is 21.6 Å². The summed E-state index contributed by atoms with van der Waals surface area (Å²) in [6.45, 7) is 1.54. The normalized spacial score (nSPS) is 19.5. The Balaban J connectivity index is 1.24. The minimum absolute atomic E-state index is 0.0470. The van der Waals surface area contributed by atoms with Gasteiger partial charge in [0.15, 0.2) is 0 Å². The van der Waals surface area contributed by atoms with Crippen molar-refractivity contribution < 1.29 is 17.5 Å². The minimum atomic E-state index is -4.10. The van der Waals surface area contributed by atoms with E-state index in [9.17, 15) is 8.42 Å². The van der Waals surface area contributed by atoms with E-state index >= 15 is 4.39 Å². The number of nitrogens with one attached hydrogen (secondary N) is 2. The van der Waals surface area contributed by atoms with Gasteiger partial charge in [0.05, 0.1) is 46.9 Å². The zero-order chi connectivity index (χ0) is 29.0. The van der Waals surface area contributed by atoms with Gasteiger partial charge in [-0.2, -0.15) is 5.10 Å². The molecular weight excluding hydrogens is 579 g/mol. The van der Waals surface area contributed by atoms with E-state index < -0.39 is 15.8 Å². The van der Waals surface area contributed by atoms with Crippen molar-refractivity contribution in [2.24, 2.45) is 0 Å². The molecule has 0 bridgehead atoms. The number of hydrogen-bond acceptors (Lipinski definition) is 7. The zero-order valence-electron chi connectivity index (χ0n) is 22.7. The summed E-state index contributed by atoms with van der Waals surface area (Å²) < 4.78 is 50.8. The van der Waals surface area contributed by atoms with Crippen LogP contribution in [0.25, 0.3) is 27.7 Å². The Kier molecular flexibility index (Phi) is 6.92. The highest BCUT2D eigenvalue weighted by molar-refractivity contribution is 7.92. The molecule has 0 spiro atoms. The average molecular weight is 609 g/mol. The first kappa shape index (κ1) is 27.3. The second-order valence-corrected chi connectivity index (χ2v) is 13.2. The van der Waals surface area contributed by atoms with Crippen LogP contribution in [0.1, 0.15) is 43.7 Å². The summed E-state index contributed by atoms with van der Waals surface area (Å²) in [4.78, 5) is 4.40. The van der Waals surface area contributed by atoms with Gasteiger partial charge in [0.2, 0.25) is 0 Å². The fourth-order valence-corrected chi connectivity index (χ4v) is 7.31. The smallest absolute Gasteiger partial charge is 0.263 e. The molecule has 1 saturated heterocycles. The van der Waals surface area contributed by atoms with E-state index in [0.29, 0.717) is 34.5 Å². The van der Waals surface area contributed by atoms with Gasteiger partial charge in [-0.05, 0) is 61.9 Å². The fourth-order valence-electron chi connectivity index (χ4n) is 5.72. The number of halogens is 2. The lowest BCUT2D eigenvalue weighted by Crippen LogP contribution is -2.50. The molecule has 4 aromatic rings. The van der Waals surface area contributed by atoms with Crippen LogP contribution in [0.3, 0.4) is 0 Å². The minimum Gasteiger partial charge on any atom is -0.383 e. The van der Waals surface area contributed by atoms with E-state index in [0.717, 1.165) is 56.4 Å². The summed E-state index contributed by atoms with van der Waals surface area (Å²) in [5.41, 5.74) is 10.4. The van der Waals surface area contributed by atoms with Crippen LogP contribution >= 0.6 is 11.6 Å². The summed E-state index contributed by atoms with van der Waals surface area (Å²) in [6, 6.07) is 11.4. The topological polar surface area (TPSA) is 124 Å². The van der Waals surface area contributed by atoms with Crippen molar-refractivity contribution in [2.45, 2.75) is 55.1 Å². The zero-order valence-corrected chi connectivity index (χ0v) is 24.3.